The van der Waals surface area contributed by atoms with Crippen molar-refractivity contribution in [3.63, 3.8) is 0 Å². The highest BCUT2D eigenvalue weighted by molar-refractivity contribution is 4.75. The van der Waals surface area contributed by atoms with E-state index in [1.807, 2.05) is 0 Å². The summed E-state index contributed by atoms with van der Waals surface area (Å²) >= 11 is 0. The van der Waals surface area contributed by atoms with Crippen molar-refractivity contribution in [1.82, 2.24) is 15.1 Å². The first-order valence-electron chi connectivity index (χ1n) is 6.86. The monoisotopic (exact) mass is 243 g/mol. The van der Waals surface area contributed by atoms with Gasteiger partial charge >= 0.3 is 0 Å². The van der Waals surface area contributed by atoms with Crippen LogP contribution in [0.3, 0.4) is 0 Å². The normalized spacial score (nSPS) is 23.8. The highest BCUT2D eigenvalue weighted by atomic mass is 16.5. The van der Waals surface area contributed by atoms with Gasteiger partial charge in [-0.25, -0.2) is 0 Å². The molecule has 17 heavy (non-hydrogen) atoms. The Morgan fingerprint density at radius 2 is 2.12 bits per heavy atom. The van der Waals surface area contributed by atoms with Crippen molar-refractivity contribution in [1.29, 1.82) is 0 Å². The second-order valence-electron chi connectivity index (χ2n) is 5.10. The van der Waals surface area contributed by atoms with Crippen LogP contribution in [0.1, 0.15) is 19.8 Å². The van der Waals surface area contributed by atoms with Gasteiger partial charge in [0.05, 0.1) is 6.61 Å². The molecule has 0 aromatic rings. The molecule has 0 radical (unpaired) electrons. The van der Waals surface area contributed by atoms with Crippen LogP contribution >= 0.6 is 0 Å². The fourth-order valence-corrected chi connectivity index (χ4v) is 2.46. The van der Waals surface area contributed by atoms with Crippen LogP contribution in [-0.2, 0) is 4.74 Å². The molecule has 1 heterocycles. The van der Waals surface area contributed by atoms with Gasteiger partial charge in [0.1, 0.15) is 0 Å². The lowest BCUT2D eigenvalue weighted by molar-refractivity contribution is 0.191. The van der Waals surface area contributed by atoms with E-state index in [9.17, 15) is 0 Å². The third kappa shape index (κ3) is 6.36. The smallest absolute Gasteiger partial charge is 0.0587 e. The van der Waals surface area contributed by atoms with Gasteiger partial charge in [-0.2, -0.15) is 0 Å². The number of ether oxygens (including phenoxy) is 1. The summed E-state index contributed by atoms with van der Waals surface area (Å²) in [5.41, 5.74) is 0. The molecule has 1 rings (SSSR count). The first-order chi connectivity index (χ1) is 8.24. The third-order valence-electron chi connectivity index (χ3n) is 3.47. The lowest BCUT2D eigenvalue weighted by Crippen LogP contribution is -2.39. The Balaban J connectivity index is 2.08. The molecule has 1 N–H and O–H groups in total. The van der Waals surface area contributed by atoms with Crippen LogP contribution in [0.25, 0.3) is 0 Å². The van der Waals surface area contributed by atoms with E-state index in [4.69, 9.17) is 4.74 Å². The molecule has 1 aliphatic heterocycles. The van der Waals surface area contributed by atoms with Gasteiger partial charge in [0.2, 0.25) is 0 Å². The molecule has 4 heteroatoms. The van der Waals surface area contributed by atoms with Gasteiger partial charge in [-0.1, -0.05) is 0 Å². The molecule has 1 aliphatic rings. The summed E-state index contributed by atoms with van der Waals surface area (Å²) in [6.45, 7) is 10.1. The Hall–Kier alpha value is -0.160. The average Bonchev–Trinajstić information content (AvgIpc) is 2.45. The third-order valence-corrected chi connectivity index (χ3v) is 3.47. The van der Waals surface area contributed by atoms with E-state index in [-0.39, 0.29) is 0 Å². The number of nitrogens with one attached hydrogen (secondary N) is 1. The van der Waals surface area contributed by atoms with E-state index in [1.54, 1.807) is 7.11 Å². The van der Waals surface area contributed by atoms with Crippen LogP contribution in [-0.4, -0.2) is 75.9 Å². The standard InChI is InChI=1S/C13H29N3O/c1-13-12-15(2)8-5-10-16(13)9-4-6-14-7-11-17-3/h13-14H,4-12H2,1-3H3. The van der Waals surface area contributed by atoms with Gasteiger partial charge in [0.15, 0.2) is 0 Å². The minimum absolute atomic E-state index is 0.696. The van der Waals surface area contributed by atoms with E-state index in [0.717, 1.165) is 19.7 Å². The molecule has 1 unspecified atom stereocenters. The van der Waals surface area contributed by atoms with Gasteiger partial charge in [-0.15, -0.1) is 0 Å². The molecule has 0 bridgehead atoms. The molecule has 0 aliphatic carbocycles. The quantitative estimate of drug-likeness (QED) is 0.664. The summed E-state index contributed by atoms with van der Waals surface area (Å²) < 4.78 is 5.01. The molecule has 0 aromatic carbocycles. The van der Waals surface area contributed by atoms with E-state index >= 15 is 0 Å². The molecule has 0 saturated carbocycles. The molecule has 1 saturated heterocycles. The predicted molar refractivity (Wildman–Crippen MR) is 72.5 cm³/mol. The Bertz CT molecular complexity index is 190. The summed E-state index contributed by atoms with van der Waals surface area (Å²) in [5.74, 6) is 0. The number of methoxy groups -OCH3 is 1. The summed E-state index contributed by atoms with van der Waals surface area (Å²) in [5, 5.41) is 3.40. The summed E-state index contributed by atoms with van der Waals surface area (Å²) in [4.78, 5) is 5.07. The van der Waals surface area contributed by atoms with Crippen molar-refractivity contribution in [3.05, 3.63) is 0 Å². The topological polar surface area (TPSA) is 27.7 Å². The lowest BCUT2D eigenvalue weighted by atomic mass is 10.2. The molecule has 102 valence electrons. The summed E-state index contributed by atoms with van der Waals surface area (Å²) in [6.07, 6.45) is 2.54. The minimum Gasteiger partial charge on any atom is -0.383 e. The maximum absolute atomic E-state index is 5.01. The van der Waals surface area contributed by atoms with Crippen molar-refractivity contribution in [2.75, 3.05) is 60.0 Å². The largest absolute Gasteiger partial charge is 0.383 e. The fourth-order valence-electron chi connectivity index (χ4n) is 2.46. The van der Waals surface area contributed by atoms with E-state index in [0.29, 0.717) is 6.04 Å². The SMILES string of the molecule is COCCNCCCN1CCCN(C)CC1C. The summed E-state index contributed by atoms with van der Waals surface area (Å²) in [7, 11) is 3.98. The minimum atomic E-state index is 0.696. The lowest BCUT2D eigenvalue weighted by Gasteiger charge is -2.27. The average molecular weight is 243 g/mol. The van der Waals surface area contributed by atoms with E-state index in [1.165, 1.54) is 39.0 Å². The zero-order chi connectivity index (χ0) is 12.5. The Morgan fingerprint density at radius 1 is 1.29 bits per heavy atom. The summed E-state index contributed by atoms with van der Waals surface area (Å²) in [6, 6.07) is 0.696. The molecule has 0 amide bonds. The number of hydrogen-bond donors (Lipinski definition) is 1. The van der Waals surface area contributed by atoms with Crippen LogP contribution in [0.4, 0.5) is 0 Å². The molecule has 1 atom stereocenters. The molecular formula is C13H29N3O. The van der Waals surface area contributed by atoms with Gasteiger partial charge in [-0.3, -0.25) is 4.90 Å². The van der Waals surface area contributed by atoms with Crippen molar-refractivity contribution in [2.24, 2.45) is 0 Å². The maximum Gasteiger partial charge on any atom is 0.0587 e. The Morgan fingerprint density at radius 3 is 2.88 bits per heavy atom. The van der Waals surface area contributed by atoms with Gasteiger partial charge in [-0.05, 0) is 53.0 Å². The van der Waals surface area contributed by atoms with Crippen molar-refractivity contribution in [2.45, 2.75) is 25.8 Å². The molecule has 0 spiro atoms. The zero-order valence-electron chi connectivity index (χ0n) is 11.7. The Kier molecular flexibility index (Phi) is 7.77. The van der Waals surface area contributed by atoms with Crippen LogP contribution in [0, 0.1) is 0 Å². The molecule has 0 aromatic heterocycles. The number of hydrogen-bond acceptors (Lipinski definition) is 4. The molecular weight excluding hydrogens is 214 g/mol. The van der Waals surface area contributed by atoms with Crippen molar-refractivity contribution in [3.8, 4) is 0 Å². The fraction of sp³-hybridized carbons (Fsp3) is 1.00. The number of likely N-dealkylation sites (N-methyl/N-ethyl adjacent to an activating group) is 1. The second kappa shape index (κ2) is 8.86. The van der Waals surface area contributed by atoms with Crippen molar-refractivity contribution >= 4 is 0 Å². The van der Waals surface area contributed by atoms with Crippen LogP contribution < -0.4 is 5.32 Å². The zero-order valence-corrected chi connectivity index (χ0v) is 11.7. The van der Waals surface area contributed by atoms with Crippen LogP contribution in [0.15, 0.2) is 0 Å². The van der Waals surface area contributed by atoms with Crippen molar-refractivity contribution < 1.29 is 4.74 Å². The second-order valence-corrected chi connectivity index (χ2v) is 5.10. The van der Waals surface area contributed by atoms with Gasteiger partial charge in [0, 0.05) is 26.2 Å². The first-order valence-corrected chi connectivity index (χ1v) is 6.86. The van der Waals surface area contributed by atoms with Crippen LogP contribution in [0.2, 0.25) is 0 Å². The van der Waals surface area contributed by atoms with E-state index < -0.39 is 0 Å². The molecule has 4 nitrogen and oxygen atoms in total. The first kappa shape index (κ1) is 14.9. The highest BCUT2D eigenvalue weighted by Gasteiger charge is 2.18. The highest BCUT2D eigenvalue weighted by Crippen LogP contribution is 2.08. The molecule has 1 fully saturated rings. The number of nitrogens with zero attached hydrogens (tertiary/aromatic N) is 2. The number of rotatable bonds is 7. The Labute approximate surface area is 106 Å². The van der Waals surface area contributed by atoms with Gasteiger partial charge in [0.25, 0.3) is 0 Å². The van der Waals surface area contributed by atoms with Crippen LogP contribution in [0.5, 0.6) is 0 Å². The maximum atomic E-state index is 5.01. The predicted octanol–water partition coefficient (Wildman–Crippen LogP) is 0.639. The van der Waals surface area contributed by atoms with Gasteiger partial charge < -0.3 is 15.0 Å². The van der Waals surface area contributed by atoms with E-state index in [2.05, 4.69) is 29.1 Å².